The molecule has 0 saturated heterocycles. The highest BCUT2D eigenvalue weighted by Crippen LogP contribution is 2.06. The number of hydrogen-bond acceptors (Lipinski definition) is 4. The highest BCUT2D eigenvalue weighted by atomic mass is 16.3. The van der Waals surface area contributed by atoms with E-state index in [9.17, 15) is 4.79 Å². The minimum Gasteiger partial charge on any atom is -0.466 e. The number of carbonyl (C=O) groups excluding carboxylic acids is 1. The molecule has 96 valence electrons. The number of hydrogen-bond donors (Lipinski definition) is 1. The maximum absolute atomic E-state index is 11.8. The van der Waals surface area contributed by atoms with Crippen molar-refractivity contribution in [3.63, 3.8) is 0 Å². The zero-order valence-electron chi connectivity index (χ0n) is 10.5. The van der Waals surface area contributed by atoms with Crippen LogP contribution in [-0.4, -0.2) is 17.4 Å². The molecule has 0 aliphatic rings. The van der Waals surface area contributed by atoms with E-state index in [2.05, 4.69) is 10.3 Å². The minimum absolute atomic E-state index is 0.231. The van der Waals surface area contributed by atoms with Crippen molar-refractivity contribution in [1.29, 1.82) is 5.26 Å². The Morgan fingerprint density at radius 2 is 2.26 bits per heavy atom. The summed E-state index contributed by atoms with van der Waals surface area (Å²) in [5.74, 6) is 1.39. The van der Waals surface area contributed by atoms with Crippen molar-refractivity contribution in [3.05, 3.63) is 53.2 Å². The predicted octanol–water partition coefficient (Wildman–Crippen LogP) is 1.83. The number of nitrogens with zero attached hydrogens (tertiary/aromatic N) is 2. The minimum atomic E-state index is -0.291. The number of rotatable bonds is 4. The van der Waals surface area contributed by atoms with Crippen LogP contribution in [0.15, 0.2) is 34.7 Å². The molecule has 0 aromatic carbocycles. The fourth-order valence-corrected chi connectivity index (χ4v) is 1.63. The van der Waals surface area contributed by atoms with Crippen molar-refractivity contribution < 1.29 is 9.21 Å². The summed E-state index contributed by atoms with van der Waals surface area (Å²) in [5, 5.41) is 11.5. The number of pyridine rings is 1. The molecule has 2 aromatic rings. The Morgan fingerprint density at radius 3 is 2.95 bits per heavy atom. The van der Waals surface area contributed by atoms with Crippen LogP contribution in [0.4, 0.5) is 0 Å². The molecule has 2 aromatic heterocycles. The fraction of sp³-hybridized carbons (Fsp3) is 0.214. The molecule has 0 radical (unpaired) electrons. The summed E-state index contributed by atoms with van der Waals surface area (Å²) in [7, 11) is 0. The second-order valence-electron chi connectivity index (χ2n) is 4.04. The largest absolute Gasteiger partial charge is 0.466 e. The van der Waals surface area contributed by atoms with Crippen LogP contribution < -0.4 is 5.32 Å². The van der Waals surface area contributed by atoms with E-state index >= 15 is 0 Å². The molecule has 5 heteroatoms. The second-order valence-corrected chi connectivity index (χ2v) is 4.04. The number of carbonyl (C=O) groups is 1. The zero-order valence-corrected chi connectivity index (χ0v) is 10.5. The van der Waals surface area contributed by atoms with E-state index in [1.165, 1.54) is 0 Å². The zero-order chi connectivity index (χ0) is 13.7. The van der Waals surface area contributed by atoms with Gasteiger partial charge < -0.3 is 9.73 Å². The molecule has 0 atom stereocenters. The third kappa shape index (κ3) is 3.42. The van der Waals surface area contributed by atoms with E-state index in [1.54, 1.807) is 18.2 Å². The number of aromatic nitrogens is 1. The number of aryl methyl sites for hydroxylation is 1. The van der Waals surface area contributed by atoms with Gasteiger partial charge in [-0.3, -0.25) is 4.79 Å². The first-order chi connectivity index (χ1) is 9.19. The Morgan fingerprint density at radius 1 is 1.42 bits per heavy atom. The lowest BCUT2D eigenvalue weighted by molar-refractivity contribution is 0.0948. The van der Waals surface area contributed by atoms with E-state index in [4.69, 9.17) is 9.68 Å². The highest BCUT2D eigenvalue weighted by Gasteiger charge is 2.07. The first-order valence-corrected chi connectivity index (χ1v) is 5.90. The summed E-state index contributed by atoms with van der Waals surface area (Å²) in [6.07, 6.45) is 0.623. The normalized spacial score (nSPS) is 9.89. The Labute approximate surface area is 110 Å². The van der Waals surface area contributed by atoms with Crippen LogP contribution in [0.25, 0.3) is 0 Å². The fourth-order valence-electron chi connectivity index (χ4n) is 1.63. The van der Waals surface area contributed by atoms with Crippen LogP contribution in [0.3, 0.4) is 0 Å². The van der Waals surface area contributed by atoms with E-state index < -0.39 is 0 Å². The number of furan rings is 1. The SMILES string of the molecule is Cc1ccc(CCNC(=O)c2cccc(C#N)n2)o1. The van der Waals surface area contributed by atoms with Gasteiger partial charge in [-0.2, -0.15) is 5.26 Å². The number of nitrogens with one attached hydrogen (secondary N) is 1. The second kappa shape index (κ2) is 5.83. The van der Waals surface area contributed by atoms with Crippen LogP contribution in [0.1, 0.15) is 27.7 Å². The van der Waals surface area contributed by atoms with Gasteiger partial charge in [0, 0.05) is 13.0 Å². The van der Waals surface area contributed by atoms with Gasteiger partial charge in [-0.1, -0.05) is 6.07 Å². The molecule has 0 aliphatic carbocycles. The molecule has 5 nitrogen and oxygen atoms in total. The van der Waals surface area contributed by atoms with E-state index in [1.807, 2.05) is 25.1 Å². The molecule has 1 N–H and O–H groups in total. The van der Waals surface area contributed by atoms with Gasteiger partial charge in [0.25, 0.3) is 5.91 Å². The lowest BCUT2D eigenvalue weighted by Crippen LogP contribution is -2.26. The average Bonchev–Trinajstić information content (AvgIpc) is 2.84. The third-order valence-electron chi connectivity index (χ3n) is 2.55. The van der Waals surface area contributed by atoms with Gasteiger partial charge in [0.15, 0.2) is 0 Å². The molecular weight excluding hydrogens is 242 g/mol. The van der Waals surface area contributed by atoms with Gasteiger partial charge in [0.2, 0.25) is 0 Å². The third-order valence-corrected chi connectivity index (χ3v) is 2.55. The van der Waals surface area contributed by atoms with Crippen LogP contribution in [-0.2, 0) is 6.42 Å². The smallest absolute Gasteiger partial charge is 0.269 e. The van der Waals surface area contributed by atoms with Gasteiger partial charge in [-0.25, -0.2) is 4.98 Å². The average molecular weight is 255 g/mol. The quantitative estimate of drug-likeness (QED) is 0.903. The van der Waals surface area contributed by atoms with Crippen molar-refractivity contribution in [3.8, 4) is 6.07 Å². The van der Waals surface area contributed by atoms with E-state index in [0.717, 1.165) is 11.5 Å². The first kappa shape index (κ1) is 12.8. The van der Waals surface area contributed by atoms with Gasteiger partial charge in [0.1, 0.15) is 29.0 Å². The standard InChI is InChI=1S/C14H13N3O2/c1-10-5-6-12(19-10)7-8-16-14(18)13-4-2-3-11(9-15)17-13/h2-6H,7-8H2,1H3,(H,16,18). The van der Waals surface area contributed by atoms with Crippen molar-refractivity contribution in [2.75, 3.05) is 6.54 Å². The Kier molecular flexibility index (Phi) is 3.94. The molecule has 0 unspecified atom stereocenters. The number of nitriles is 1. The Bertz CT molecular complexity index is 626. The predicted molar refractivity (Wildman–Crippen MR) is 68.4 cm³/mol. The van der Waals surface area contributed by atoms with Gasteiger partial charge in [0.05, 0.1) is 0 Å². The topological polar surface area (TPSA) is 78.9 Å². The summed E-state index contributed by atoms with van der Waals surface area (Å²) >= 11 is 0. The first-order valence-electron chi connectivity index (χ1n) is 5.90. The molecule has 0 saturated carbocycles. The lowest BCUT2D eigenvalue weighted by Gasteiger charge is -2.03. The van der Waals surface area contributed by atoms with Crippen molar-refractivity contribution >= 4 is 5.91 Å². The van der Waals surface area contributed by atoms with Crippen LogP contribution in [0, 0.1) is 18.3 Å². The summed E-state index contributed by atoms with van der Waals surface area (Å²) < 4.78 is 5.40. The maximum atomic E-state index is 11.8. The lowest BCUT2D eigenvalue weighted by atomic mass is 10.3. The molecule has 0 bridgehead atoms. The summed E-state index contributed by atoms with van der Waals surface area (Å²) in [6, 6.07) is 10.4. The van der Waals surface area contributed by atoms with Crippen molar-refractivity contribution in [2.24, 2.45) is 0 Å². The molecule has 0 aliphatic heterocycles. The highest BCUT2D eigenvalue weighted by molar-refractivity contribution is 5.92. The van der Waals surface area contributed by atoms with Gasteiger partial charge in [-0.15, -0.1) is 0 Å². The van der Waals surface area contributed by atoms with Crippen LogP contribution in [0.2, 0.25) is 0 Å². The monoisotopic (exact) mass is 255 g/mol. The Hall–Kier alpha value is -2.61. The van der Waals surface area contributed by atoms with Gasteiger partial charge in [-0.05, 0) is 31.2 Å². The van der Waals surface area contributed by atoms with E-state index in [-0.39, 0.29) is 17.3 Å². The molecule has 2 rings (SSSR count). The maximum Gasteiger partial charge on any atom is 0.269 e. The molecule has 1 amide bonds. The van der Waals surface area contributed by atoms with Gasteiger partial charge >= 0.3 is 0 Å². The number of amides is 1. The van der Waals surface area contributed by atoms with Crippen molar-refractivity contribution in [1.82, 2.24) is 10.3 Å². The summed E-state index contributed by atoms with van der Waals surface area (Å²) in [4.78, 5) is 15.7. The molecule has 2 heterocycles. The molecule has 0 fully saturated rings. The summed E-state index contributed by atoms with van der Waals surface area (Å²) in [6.45, 7) is 2.34. The molecular formula is C14H13N3O2. The van der Waals surface area contributed by atoms with Crippen LogP contribution >= 0.6 is 0 Å². The van der Waals surface area contributed by atoms with Crippen molar-refractivity contribution in [2.45, 2.75) is 13.3 Å². The van der Waals surface area contributed by atoms with E-state index in [0.29, 0.717) is 13.0 Å². The summed E-state index contributed by atoms with van der Waals surface area (Å²) in [5.41, 5.74) is 0.476. The molecule has 0 spiro atoms. The molecule has 19 heavy (non-hydrogen) atoms. The van der Waals surface area contributed by atoms with Crippen LogP contribution in [0.5, 0.6) is 0 Å². The Balaban J connectivity index is 1.89.